The Morgan fingerprint density at radius 2 is 2.62 bits per heavy atom. The van der Waals surface area contributed by atoms with E-state index in [0.29, 0.717) is 5.92 Å². The molecule has 0 amide bonds. The first-order valence-corrected chi connectivity index (χ1v) is 5.06. The minimum absolute atomic E-state index is 0. The van der Waals surface area contributed by atoms with Crippen LogP contribution in [0, 0.1) is 5.92 Å². The quantitative estimate of drug-likeness (QED) is 0.840. The highest BCUT2D eigenvalue weighted by Gasteiger charge is 2.15. The third kappa shape index (κ3) is 3.14. The van der Waals surface area contributed by atoms with Gasteiger partial charge < -0.3 is 10.1 Å². The predicted octanol–water partition coefficient (Wildman–Crippen LogP) is 1.55. The van der Waals surface area contributed by atoms with Crippen molar-refractivity contribution >= 4 is 23.7 Å². The Bertz CT molecular complexity index is 224. The zero-order chi connectivity index (χ0) is 8.23. The van der Waals surface area contributed by atoms with E-state index in [1.807, 2.05) is 5.38 Å². The Morgan fingerprint density at radius 1 is 1.69 bits per heavy atom. The van der Waals surface area contributed by atoms with Gasteiger partial charge in [0.25, 0.3) is 5.19 Å². The number of thiazole rings is 1. The molecule has 1 aliphatic rings. The molecule has 13 heavy (non-hydrogen) atoms. The molecule has 1 aromatic heterocycles. The molecule has 0 aromatic carbocycles. The van der Waals surface area contributed by atoms with Crippen LogP contribution in [0.25, 0.3) is 0 Å². The van der Waals surface area contributed by atoms with Crippen molar-refractivity contribution in [2.45, 2.75) is 6.42 Å². The topological polar surface area (TPSA) is 34.1 Å². The number of hydrogen-bond donors (Lipinski definition) is 1. The summed E-state index contributed by atoms with van der Waals surface area (Å²) in [6.45, 7) is 3.03. The molecule has 1 aliphatic heterocycles. The lowest BCUT2D eigenvalue weighted by Gasteiger charge is -2.07. The summed E-state index contributed by atoms with van der Waals surface area (Å²) in [5.74, 6) is 0.675. The molecule has 3 nitrogen and oxygen atoms in total. The van der Waals surface area contributed by atoms with Crippen LogP contribution >= 0.6 is 23.7 Å². The van der Waals surface area contributed by atoms with E-state index in [9.17, 15) is 0 Å². The summed E-state index contributed by atoms with van der Waals surface area (Å²) in [6.07, 6.45) is 3.00. The Kier molecular flexibility index (Phi) is 4.48. The minimum Gasteiger partial charge on any atom is -0.470 e. The number of hydrogen-bond acceptors (Lipinski definition) is 4. The minimum atomic E-state index is 0. The lowest BCUT2D eigenvalue weighted by Crippen LogP contribution is -2.15. The molecular formula is C8H13ClN2OS. The first-order valence-electron chi connectivity index (χ1n) is 4.18. The van der Waals surface area contributed by atoms with Gasteiger partial charge in [0.1, 0.15) is 0 Å². The maximum absolute atomic E-state index is 5.50. The van der Waals surface area contributed by atoms with E-state index in [1.165, 1.54) is 6.42 Å². The Morgan fingerprint density at radius 3 is 3.23 bits per heavy atom. The Labute approximate surface area is 87.9 Å². The summed E-state index contributed by atoms with van der Waals surface area (Å²) in [6, 6.07) is 0. The van der Waals surface area contributed by atoms with Crippen molar-refractivity contribution in [3.05, 3.63) is 11.6 Å². The van der Waals surface area contributed by atoms with Crippen molar-refractivity contribution in [2.75, 3.05) is 19.7 Å². The Balaban J connectivity index is 0.000000845. The molecule has 0 radical (unpaired) electrons. The number of aromatic nitrogens is 1. The number of nitrogens with one attached hydrogen (secondary N) is 1. The van der Waals surface area contributed by atoms with Crippen LogP contribution in [-0.2, 0) is 0 Å². The number of nitrogens with zero attached hydrogens (tertiary/aromatic N) is 1. The van der Waals surface area contributed by atoms with Crippen molar-refractivity contribution in [1.82, 2.24) is 10.3 Å². The second-order valence-corrected chi connectivity index (χ2v) is 3.82. The molecule has 1 atom stereocenters. The summed E-state index contributed by atoms with van der Waals surface area (Å²) >= 11 is 1.55. The van der Waals surface area contributed by atoms with Crippen LogP contribution in [-0.4, -0.2) is 24.7 Å². The third-order valence-corrected chi connectivity index (χ3v) is 2.70. The molecule has 0 saturated carbocycles. The van der Waals surface area contributed by atoms with Gasteiger partial charge >= 0.3 is 0 Å². The average Bonchev–Trinajstić information content (AvgIpc) is 2.74. The summed E-state index contributed by atoms with van der Waals surface area (Å²) in [5.41, 5.74) is 0. The number of rotatable bonds is 3. The fraction of sp³-hybridized carbons (Fsp3) is 0.625. The van der Waals surface area contributed by atoms with Gasteiger partial charge in [-0.2, -0.15) is 0 Å². The van der Waals surface area contributed by atoms with Gasteiger partial charge in [-0.25, -0.2) is 4.98 Å². The van der Waals surface area contributed by atoms with Gasteiger partial charge in [0.05, 0.1) is 6.61 Å². The lowest BCUT2D eigenvalue weighted by molar-refractivity contribution is 0.259. The van der Waals surface area contributed by atoms with E-state index in [1.54, 1.807) is 17.5 Å². The van der Waals surface area contributed by atoms with Crippen molar-refractivity contribution in [3.8, 4) is 5.19 Å². The largest absolute Gasteiger partial charge is 0.470 e. The monoisotopic (exact) mass is 220 g/mol. The lowest BCUT2D eigenvalue weighted by atomic mass is 10.1. The smallest absolute Gasteiger partial charge is 0.273 e. The van der Waals surface area contributed by atoms with Crippen molar-refractivity contribution in [2.24, 2.45) is 5.92 Å². The highest BCUT2D eigenvalue weighted by Crippen LogP contribution is 2.16. The van der Waals surface area contributed by atoms with Crippen LogP contribution in [0.15, 0.2) is 11.6 Å². The van der Waals surface area contributed by atoms with Gasteiger partial charge in [-0.15, -0.1) is 12.4 Å². The van der Waals surface area contributed by atoms with Gasteiger partial charge in [0, 0.05) is 24.0 Å². The summed E-state index contributed by atoms with van der Waals surface area (Å²) in [4.78, 5) is 4.05. The van der Waals surface area contributed by atoms with Crippen molar-refractivity contribution in [3.63, 3.8) is 0 Å². The first-order chi connectivity index (χ1) is 5.95. The van der Waals surface area contributed by atoms with E-state index in [4.69, 9.17) is 4.74 Å². The van der Waals surface area contributed by atoms with Gasteiger partial charge in [0.2, 0.25) is 0 Å². The fourth-order valence-electron chi connectivity index (χ4n) is 1.33. The number of ether oxygens (including phenoxy) is 1. The molecule has 0 bridgehead atoms. The maximum atomic E-state index is 5.50. The van der Waals surface area contributed by atoms with Crippen LogP contribution in [0.4, 0.5) is 0 Å². The molecule has 1 saturated heterocycles. The molecule has 74 valence electrons. The molecular weight excluding hydrogens is 208 g/mol. The van der Waals surface area contributed by atoms with Gasteiger partial charge in [0.15, 0.2) is 0 Å². The standard InChI is InChI=1S/C8H12N2OS.ClH/c1-2-9-5-7(1)6-11-8-10-3-4-12-8;/h3-4,7,9H,1-2,5-6H2;1H. The van der Waals surface area contributed by atoms with E-state index in [2.05, 4.69) is 10.3 Å². The molecule has 1 N–H and O–H groups in total. The van der Waals surface area contributed by atoms with E-state index in [-0.39, 0.29) is 12.4 Å². The van der Waals surface area contributed by atoms with Crippen LogP contribution < -0.4 is 10.1 Å². The number of halogens is 1. The average molecular weight is 221 g/mol. The molecule has 0 spiro atoms. The zero-order valence-electron chi connectivity index (χ0n) is 7.23. The Hall–Kier alpha value is -0.320. The second-order valence-electron chi connectivity index (χ2n) is 2.97. The van der Waals surface area contributed by atoms with E-state index >= 15 is 0 Å². The summed E-state index contributed by atoms with van der Waals surface area (Å²) < 4.78 is 5.50. The van der Waals surface area contributed by atoms with Gasteiger partial charge in [-0.3, -0.25) is 0 Å². The van der Waals surface area contributed by atoms with Crippen LogP contribution in [0.5, 0.6) is 5.19 Å². The maximum Gasteiger partial charge on any atom is 0.273 e. The molecule has 0 aliphatic carbocycles. The van der Waals surface area contributed by atoms with Crippen LogP contribution in [0.3, 0.4) is 0 Å². The molecule has 1 unspecified atom stereocenters. The van der Waals surface area contributed by atoms with E-state index in [0.717, 1.165) is 24.9 Å². The molecule has 5 heteroatoms. The zero-order valence-corrected chi connectivity index (χ0v) is 8.87. The van der Waals surface area contributed by atoms with Crippen LogP contribution in [0.1, 0.15) is 6.42 Å². The second kappa shape index (κ2) is 5.42. The fourth-order valence-corrected chi connectivity index (χ4v) is 1.82. The van der Waals surface area contributed by atoms with Gasteiger partial charge in [-0.05, 0) is 13.0 Å². The summed E-state index contributed by atoms with van der Waals surface area (Å²) in [5, 5.41) is 6.03. The normalized spacial score (nSPS) is 21.1. The highest BCUT2D eigenvalue weighted by molar-refractivity contribution is 7.11. The molecule has 2 rings (SSSR count). The summed E-state index contributed by atoms with van der Waals surface area (Å²) in [7, 11) is 0. The van der Waals surface area contributed by atoms with Crippen molar-refractivity contribution in [1.29, 1.82) is 0 Å². The highest BCUT2D eigenvalue weighted by atomic mass is 35.5. The van der Waals surface area contributed by atoms with Crippen molar-refractivity contribution < 1.29 is 4.74 Å². The van der Waals surface area contributed by atoms with E-state index < -0.39 is 0 Å². The van der Waals surface area contributed by atoms with Crippen LogP contribution in [0.2, 0.25) is 0 Å². The molecule has 1 fully saturated rings. The predicted molar refractivity (Wildman–Crippen MR) is 55.8 cm³/mol. The first kappa shape index (κ1) is 10.8. The van der Waals surface area contributed by atoms with Gasteiger partial charge in [-0.1, -0.05) is 11.3 Å². The SMILES string of the molecule is Cl.c1csc(OCC2CCNC2)n1. The molecule has 2 heterocycles. The molecule has 1 aromatic rings. The third-order valence-electron chi connectivity index (χ3n) is 2.01.